The van der Waals surface area contributed by atoms with Crippen LogP contribution in [0.25, 0.3) is 17.0 Å². The Labute approximate surface area is 122 Å². The molecule has 0 atom stereocenters. The first kappa shape index (κ1) is 13.2. The summed E-state index contributed by atoms with van der Waals surface area (Å²) in [5, 5.41) is 10.8. The van der Waals surface area contributed by atoms with Crippen molar-refractivity contribution in [2.45, 2.75) is 6.92 Å². The number of para-hydroxylation sites is 1. The fraction of sp³-hybridized carbons (Fsp3) is 0.0556. The lowest BCUT2D eigenvalue weighted by Crippen LogP contribution is -1.95. The van der Waals surface area contributed by atoms with E-state index in [9.17, 15) is 9.90 Å². The zero-order valence-corrected chi connectivity index (χ0v) is 11.6. The molecule has 1 aromatic heterocycles. The molecule has 0 aliphatic carbocycles. The quantitative estimate of drug-likeness (QED) is 0.560. The van der Waals surface area contributed by atoms with Crippen LogP contribution in [0, 0.1) is 6.92 Å². The standard InChI is InChI=1S/C18H15NO2/c1-12-6-8-17(20)15(10-12)18(21)9-7-13-11-19-16-5-3-2-4-14(13)16/h2-11,19-20H,1H3. The van der Waals surface area contributed by atoms with Gasteiger partial charge in [-0.3, -0.25) is 4.79 Å². The monoisotopic (exact) mass is 277 g/mol. The van der Waals surface area contributed by atoms with E-state index >= 15 is 0 Å². The van der Waals surface area contributed by atoms with E-state index in [2.05, 4.69) is 4.98 Å². The van der Waals surface area contributed by atoms with Crippen molar-refractivity contribution in [3.05, 3.63) is 71.4 Å². The maximum atomic E-state index is 12.2. The Kier molecular flexibility index (Phi) is 3.32. The minimum atomic E-state index is -0.207. The Bertz CT molecular complexity index is 843. The lowest BCUT2D eigenvalue weighted by atomic mass is 10.1. The van der Waals surface area contributed by atoms with Crippen molar-refractivity contribution in [3.63, 3.8) is 0 Å². The fourth-order valence-corrected chi connectivity index (χ4v) is 2.33. The molecule has 2 N–H and O–H groups in total. The number of fused-ring (bicyclic) bond motifs is 1. The molecule has 104 valence electrons. The summed E-state index contributed by atoms with van der Waals surface area (Å²) in [6.45, 7) is 1.89. The summed E-state index contributed by atoms with van der Waals surface area (Å²) < 4.78 is 0. The smallest absolute Gasteiger partial charge is 0.189 e. The molecule has 3 heteroatoms. The summed E-state index contributed by atoms with van der Waals surface area (Å²) in [4.78, 5) is 15.4. The zero-order chi connectivity index (χ0) is 14.8. The number of hydrogen-bond donors (Lipinski definition) is 2. The number of carbonyl (C=O) groups excluding carboxylic acids is 1. The third kappa shape index (κ3) is 2.58. The lowest BCUT2D eigenvalue weighted by molar-refractivity contribution is 0.104. The number of H-pyrrole nitrogens is 1. The predicted octanol–water partition coefficient (Wildman–Crippen LogP) is 4.08. The highest BCUT2D eigenvalue weighted by Crippen LogP contribution is 2.21. The van der Waals surface area contributed by atoms with Gasteiger partial charge in [-0.1, -0.05) is 29.8 Å². The number of hydrogen-bond acceptors (Lipinski definition) is 2. The van der Waals surface area contributed by atoms with E-state index < -0.39 is 0 Å². The van der Waals surface area contributed by atoms with E-state index in [4.69, 9.17) is 0 Å². The molecule has 0 aliphatic heterocycles. The number of aromatic nitrogens is 1. The largest absolute Gasteiger partial charge is 0.507 e. The van der Waals surface area contributed by atoms with Crippen LogP contribution in [0.3, 0.4) is 0 Å². The molecule has 3 aromatic rings. The van der Waals surface area contributed by atoms with Crippen LogP contribution in [0.15, 0.2) is 54.7 Å². The highest BCUT2D eigenvalue weighted by Gasteiger charge is 2.08. The molecular formula is C18H15NO2. The van der Waals surface area contributed by atoms with Gasteiger partial charge in [0.25, 0.3) is 0 Å². The van der Waals surface area contributed by atoms with Gasteiger partial charge >= 0.3 is 0 Å². The van der Waals surface area contributed by atoms with Crippen LogP contribution in [0.4, 0.5) is 0 Å². The molecule has 0 aliphatic rings. The second kappa shape index (κ2) is 5.29. The molecule has 0 saturated carbocycles. The average molecular weight is 277 g/mol. The normalized spacial score (nSPS) is 11.3. The van der Waals surface area contributed by atoms with Gasteiger partial charge in [-0.2, -0.15) is 0 Å². The van der Waals surface area contributed by atoms with Crippen molar-refractivity contribution in [1.29, 1.82) is 0 Å². The van der Waals surface area contributed by atoms with Gasteiger partial charge in [0.2, 0.25) is 0 Å². The Morgan fingerprint density at radius 3 is 2.86 bits per heavy atom. The van der Waals surface area contributed by atoms with Gasteiger partial charge in [-0.15, -0.1) is 0 Å². The van der Waals surface area contributed by atoms with Crippen molar-refractivity contribution in [1.82, 2.24) is 4.98 Å². The summed E-state index contributed by atoms with van der Waals surface area (Å²) in [6, 6.07) is 12.9. The molecule has 0 radical (unpaired) electrons. The van der Waals surface area contributed by atoms with Gasteiger partial charge in [0.1, 0.15) is 5.75 Å². The highest BCUT2D eigenvalue weighted by molar-refractivity contribution is 6.09. The number of aromatic amines is 1. The van der Waals surface area contributed by atoms with Gasteiger partial charge < -0.3 is 10.1 Å². The number of aryl methyl sites for hydroxylation is 1. The zero-order valence-electron chi connectivity index (χ0n) is 11.6. The number of aromatic hydroxyl groups is 1. The van der Waals surface area contributed by atoms with Crippen LogP contribution in [-0.4, -0.2) is 15.9 Å². The van der Waals surface area contributed by atoms with Crippen molar-refractivity contribution >= 4 is 22.8 Å². The number of nitrogens with one attached hydrogen (secondary N) is 1. The number of phenols is 1. The van der Waals surface area contributed by atoms with E-state index in [1.54, 1.807) is 24.3 Å². The number of rotatable bonds is 3. The third-order valence-corrected chi connectivity index (χ3v) is 3.45. The lowest BCUT2D eigenvalue weighted by Gasteiger charge is -2.01. The van der Waals surface area contributed by atoms with E-state index in [1.807, 2.05) is 37.4 Å². The van der Waals surface area contributed by atoms with Crippen molar-refractivity contribution in [2.75, 3.05) is 0 Å². The van der Waals surface area contributed by atoms with Gasteiger partial charge in [0, 0.05) is 17.1 Å². The first-order valence-corrected chi connectivity index (χ1v) is 6.73. The van der Waals surface area contributed by atoms with Crippen molar-refractivity contribution in [3.8, 4) is 5.75 Å². The topological polar surface area (TPSA) is 53.1 Å². The van der Waals surface area contributed by atoms with Crippen LogP contribution >= 0.6 is 0 Å². The van der Waals surface area contributed by atoms with Crippen molar-refractivity contribution in [2.24, 2.45) is 0 Å². The molecular weight excluding hydrogens is 262 g/mol. The Balaban J connectivity index is 1.92. The summed E-state index contributed by atoms with van der Waals surface area (Å²) in [7, 11) is 0. The van der Waals surface area contributed by atoms with Crippen molar-refractivity contribution < 1.29 is 9.90 Å². The Morgan fingerprint density at radius 2 is 2.00 bits per heavy atom. The molecule has 0 spiro atoms. The molecule has 0 amide bonds. The highest BCUT2D eigenvalue weighted by atomic mass is 16.3. The molecule has 0 saturated heterocycles. The minimum absolute atomic E-state index is 0.00850. The van der Waals surface area contributed by atoms with E-state index in [0.29, 0.717) is 5.56 Å². The van der Waals surface area contributed by atoms with E-state index in [0.717, 1.165) is 22.0 Å². The van der Waals surface area contributed by atoms with Crippen LogP contribution in [0.2, 0.25) is 0 Å². The van der Waals surface area contributed by atoms with Gasteiger partial charge in [-0.25, -0.2) is 0 Å². The second-order valence-electron chi connectivity index (χ2n) is 5.01. The first-order chi connectivity index (χ1) is 10.1. The molecule has 3 rings (SSSR count). The third-order valence-electron chi connectivity index (χ3n) is 3.45. The van der Waals surface area contributed by atoms with Gasteiger partial charge in [0.15, 0.2) is 5.78 Å². The molecule has 0 bridgehead atoms. The molecule has 2 aromatic carbocycles. The molecule has 0 unspecified atom stereocenters. The maximum absolute atomic E-state index is 12.2. The maximum Gasteiger partial charge on any atom is 0.189 e. The molecule has 0 fully saturated rings. The van der Waals surface area contributed by atoms with Gasteiger partial charge in [-0.05, 0) is 42.8 Å². The summed E-state index contributed by atoms with van der Waals surface area (Å²) in [5.74, 6) is -0.198. The summed E-state index contributed by atoms with van der Waals surface area (Å²) in [6.07, 6.45) is 5.12. The fourth-order valence-electron chi connectivity index (χ4n) is 2.33. The van der Waals surface area contributed by atoms with Crippen LogP contribution in [0.1, 0.15) is 21.5 Å². The summed E-state index contributed by atoms with van der Waals surface area (Å²) >= 11 is 0. The minimum Gasteiger partial charge on any atom is -0.507 e. The number of ketones is 1. The second-order valence-corrected chi connectivity index (χ2v) is 5.01. The Morgan fingerprint density at radius 1 is 1.19 bits per heavy atom. The number of allylic oxidation sites excluding steroid dienone is 1. The SMILES string of the molecule is Cc1ccc(O)c(C(=O)C=Cc2c[nH]c3ccccc23)c1. The molecule has 21 heavy (non-hydrogen) atoms. The number of phenolic OH excluding ortho intramolecular Hbond substituents is 1. The van der Waals surface area contributed by atoms with Gasteiger partial charge in [0.05, 0.1) is 5.56 Å². The molecule has 3 nitrogen and oxygen atoms in total. The first-order valence-electron chi connectivity index (χ1n) is 6.73. The van der Waals surface area contributed by atoms with Crippen LogP contribution in [-0.2, 0) is 0 Å². The van der Waals surface area contributed by atoms with Crippen LogP contribution in [0.5, 0.6) is 5.75 Å². The average Bonchev–Trinajstić information content (AvgIpc) is 2.90. The molecule has 1 heterocycles. The predicted molar refractivity (Wildman–Crippen MR) is 84.5 cm³/mol. The van der Waals surface area contributed by atoms with E-state index in [-0.39, 0.29) is 11.5 Å². The Hall–Kier alpha value is -2.81. The van der Waals surface area contributed by atoms with Crippen LogP contribution < -0.4 is 0 Å². The number of benzene rings is 2. The van der Waals surface area contributed by atoms with E-state index in [1.165, 1.54) is 6.08 Å². The summed E-state index contributed by atoms with van der Waals surface area (Å²) in [5.41, 5.74) is 3.25. The number of carbonyl (C=O) groups is 1.